The van der Waals surface area contributed by atoms with Gasteiger partial charge in [0.1, 0.15) is 17.2 Å². The summed E-state index contributed by atoms with van der Waals surface area (Å²) in [5, 5.41) is 6.49. The number of esters is 1. The predicted octanol–water partition coefficient (Wildman–Crippen LogP) is 6.35. The number of halogens is 3. The number of hydrogen-bond acceptors (Lipinski definition) is 6. The van der Waals surface area contributed by atoms with Gasteiger partial charge in [0.15, 0.2) is 6.61 Å². The Morgan fingerprint density at radius 2 is 1.44 bits per heavy atom. The zero-order valence-electron chi connectivity index (χ0n) is 19.0. The summed E-state index contributed by atoms with van der Waals surface area (Å²) in [4.78, 5) is 36.2. The maximum Gasteiger partial charge on any atom is 0.306 e. The Morgan fingerprint density at radius 1 is 0.778 bits per heavy atom. The van der Waals surface area contributed by atoms with Crippen molar-refractivity contribution in [3.8, 4) is 17.2 Å². The van der Waals surface area contributed by atoms with E-state index in [2.05, 4.69) is 10.6 Å². The molecule has 0 saturated heterocycles. The van der Waals surface area contributed by atoms with Crippen LogP contribution in [0.2, 0.25) is 15.1 Å². The Morgan fingerprint density at radius 3 is 2.11 bits per heavy atom. The van der Waals surface area contributed by atoms with Crippen LogP contribution in [0.1, 0.15) is 12.8 Å². The minimum Gasteiger partial charge on any atom is -0.495 e. The molecular formula is C25H21Cl3N2O6. The Hall–Kier alpha value is -3.46. The fourth-order valence-corrected chi connectivity index (χ4v) is 3.53. The monoisotopic (exact) mass is 550 g/mol. The molecule has 0 bridgehead atoms. The lowest BCUT2D eigenvalue weighted by Gasteiger charge is -2.11. The minimum absolute atomic E-state index is 0.124. The molecule has 0 fully saturated rings. The Balaban J connectivity index is 1.40. The van der Waals surface area contributed by atoms with E-state index in [4.69, 9.17) is 49.0 Å². The highest BCUT2D eigenvalue weighted by Crippen LogP contribution is 2.32. The Bertz CT molecular complexity index is 1250. The van der Waals surface area contributed by atoms with E-state index >= 15 is 0 Å². The van der Waals surface area contributed by atoms with E-state index in [0.29, 0.717) is 43.7 Å². The molecule has 0 heterocycles. The number of carbonyl (C=O) groups is 3. The molecule has 8 nitrogen and oxygen atoms in total. The van der Waals surface area contributed by atoms with Crippen LogP contribution < -0.4 is 20.1 Å². The molecule has 3 aromatic rings. The second-order valence-corrected chi connectivity index (χ2v) is 8.58. The summed E-state index contributed by atoms with van der Waals surface area (Å²) in [5.41, 5.74) is 0.857. The first-order chi connectivity index (χ1) is 17.2. The molecule has 0 aliphatic heterocycles. The van der Waals surface area contributed by atoms with E-state index in [0.717, 1.165) is 0 Å². The van der Waals surface area contributed by atoms with Crippen LogP contribution >= 0.6 is 34.8 Å². The van der Waals surface area contributed by atoms with Gasteiger partial charge in [-0.25, -0.2) is 0 Å². The van der Waals surface area contributed by atoms with Crippen molar-refractivity contribution in [2.75, 3.05) is 24.4 Å². The van der Waals surface area contributed by atoms with Crippen LogP contribution in [0.4, 0.5) is 11.4 Å². The Kier molecular flexibility index (Phi) is 9.81. The third-order valence-electron chi connectivity index (χ3n) is 4.62. The van der Waals surface area contributed by atoms with Gasteiger partial charge in [0, 0.05) is 22.2 Å². The van der Waals surface area contributed by atoms with Gasteiger partial charge in [0.25, 0.3) is 5.91 Å². The molecule has 0 radical (unpaired) electrons. The van der Waals surface area contributed by atoms with Crippen molar-refractivity contribution in [3.05, 3.63) is 75.7 Å². The summed E-state index contributed by atoms with van der Waals surface area (Å²) in [5.74, 6) is -0.303. The van der Waals surface area contributed by atoms with Gasteiger partial charge in [-0.1, -0.05) is 34.8 Å². The quantitative estimate of drug-likeness (QED) is 0.285. The fraction of sp³-hybridized carbons (Fsp3) is 0.160. The predicted molar refractivity (Wildman–Crippen MR) is 138 cm³/mol. The molecule has 0 unspecified atom stereocenters. The highest BCUT2D eigenvalue weighted by atomic mass is 35.5. The molecule has 188 valence electrons. The SMILES string of the molecule is COc1ccc(Cl)cc1NC(=O)COC(=O)CCC(=O)Nc1ccc(Oc2ccc(Cl)cc2Cl)cc1. The van der Waals surface area contributed by atoms with E-state index < -0.39 is 24.4 Å². The van der Waals surface area contributed by atoms with Crippen LogP contribution in [-0.4, -0.2) is 31.5 Å². The lowest BCUT2D eigenvalue weighted by molar-refractivity contribution is -0.147. The fourth-order valence-electron chi connectivity index (χ4n) is 2.91. The molecule has 36 heavy (non-hydrogen) atoms. The van der Waals surface area contributed by atoms with Crippen molar-refractivity contribution in [3.63, 3.8) is 0 Å². The van der Waals surface area contributed by atoms with Crippen LogP contribution in [0.5, 0.6) is 17.2 Å². The van der Waals surface area contributed by atoms with E-state index in [1.165, 1.54) is 13.2 Å². The molecule has 2 N–H and O–H groups in total. The third kappa shape index (κ3) is 8.34. The van der Waals surface area contributed by atoms with Gasteiger partial charge < -0.3 is 24.8 Å². The summed E-state index contributed by atoms with van der Waals surface area (Å²) in [7, 11) is 1.45. The van der Waals surface area contributed by atoms with Crippen molar-refractivity contribution >= 4 is 64.0 Å². The van der Waals surface area contributed by atoms with Crippen molar-refractivity contribution in [2.45, 2.75) is 12.8 Å². The summed E-state index contributed by atoms with van der Waals surface area (Å²) < 4.78 is 15.8. The van der Waals surface area contributed by atoms with Crippen LogP contribution in [0.15, 0.2) is 60.7 Å². The molecular weight excluding hydrogens is 531 g/mol. The second kappa shape index (κ2) is 13.0. The highest BCUT2D eigenvalue weighted by molar-refractivity contribution is 6.35. The van der Waals surface area contributed by atoms with Gasteiger partial charge >= 0.3 is 5.97 Å². The molecule has 2 amide bonds. The number of nitrogens with one attached hydrogen (secondary N) is 2. The molecule has 0 aliphatic carbocycles. The maximum atomic E-state index is 12.2. The number of carbonyl (C=O) groups excluding carboxylic acids is 3. The highest BCUT2D eigenvalue weighted by Gasteiger charge is 2.13. The molecule has 0 atom stereocenters. The van der Waals surface area contributed by atoms with Crippen molar-refractivity contribution < 1.29 is 28.6 Å². The zero-order chi connectivity index (χ0) is 26.1. The average Bonchev–Trinajstić information content (AvgIpc) is 2.84. The van der Waals surface area contributed by atoms with Crippen LogP contribution in [0.25, 0.3) is 0 Å². The molecule has 0 aromatic heterocycles. The zero-order valence-corrected chi connectivity index (χ0v) is 21.2. The standard InChI is InChI=1S/C25H21Cl3N2O6/c1-34-22-9-3-16(27)13-20(22)30-24(32)14-35-25(33)11-10-23(31)29-17-4-6-18(7-5-17)36-21-8-2-15(26)12-19(21)28/h2-9,12-13H,10-11,14H2,1H3,(H,29,31)(H,30,32). The summed E-state index contributed by atoms with van der Waals surface area (Å²) in [6.45, 7) is -0.519. The minimum atomic E-state index is -0.693. The first-order valence-electron chi connectivity index (χ1n) is 10.6. The van der Waals surface area contributed by atoms with E-state index in [1.807, 2.05) is 0 Å². The van der Waals surface area contributed by atoms with E-state index in [-0.39, 0.29) is 12.8 Å². The van der Waals surface area contributed by atoms with Crippen molar-refractivity contribution in [1.82, 2.24) is 0 Å². The van der Waals surface area contributed by atoms with Gasteiger partial charge in [-0.15, -0.1) is 0 Å². The third-order valence-corrected chi connectivity index (χ3v) is 5.38. The summed E-state index contributed by atoms with van der Waals surface area (Å²) in [6.07, 6.45) is -0.322. The van der Waals surface area contributed by atoms with E-state index in [1.54, 1.807) is 54.6 Å². The number of methoxy groups -OCH3 is 1. The lowest BCUT2D eigenvalue weighted by atomic mass is 10.2. The molecule has 0 aliphatic rings. The number of benzene rings is 3. The topological polar surface area (TPSA) is 103 Å². The molecule has 3 rings (SSSR count). The van der Waals surface area contributed by atoms with Gasteiger partial charge in [-0.05, 0) is 60.7 Å². The Labute approximate surface area is 222 Å². The van der Waals surface area contributed by atoms with E-state index in [9.17, 15) is 14.4 Å². The maximum absolute atomic E-state index is 12.2. The molecule has 0 saturated carbocycles. The second-order valence-electron chi connectivity index (χ2n) is 7.30. The number of amides is 2. The molecule has 0 spiro atoms. The van der Waals surface area contributed by atoms with Crippen molar-refractivity contribution in [2.24, 2.45) is 0 Å². The summed E-state index contributed by atoms with van der Waals surface area (Å²) in [6, 6.07) is 16.2. The van der Waals surface area contributed by atoms with Crippen molar-refractivity contribution in [1.29, 1.82) is 0 Å². The number of ether oxygens (including phenoxy) is 3. The van der Waals surface area contributed by atoms with Crippen LogP contribution in [-0.2, 0) is 19.1 Å². The molecule has 11 heteroatoms. The number of hydrogen-bond donors (Lipinski definition) is 2. The summed E-state index contributed by atoms with van der Waals surface area (Å²) >= 11 is 17.9. The number of anilines is 2. The smallest absolute Gasteiger partial charge is 0.306 e. The van der Waals surface area contributed by atoms with Crippen LogP contribution in [0.3, 0.4) is 0 Å². The van der Waals surface area contributed by atoms with Gasteiger partial charge in [0.2, 0.25) is 5.91 Å². The van der Waals surface area contributed by atoms with Gasteiger partial charge in [-0.3, -0.25) is 14.4 Å². The van der Waals surface area contributed by atoms with Gasteiger partial charge in [0.05, 0.1) is 24.2 Å². The number of rotatable bonds is 10. The largest absolute Gasteiger partial charge is 0.495 e. The van der Waals surface area contributed by atoms with Crippen LogP contribution in [0, 0.1) is 0 Å². The molecule has 3 aromatic carbocycles. The first kappa shape index (κ1) is 27.1. The van der Waals surface area contributed by atoms with Gasteiger partial charge in [-0.2, -0.15) is 0 Å². The average molecular weight is 552 g/mol. The normalized spacial score (nSPS) is 10.3. The lowest BCUT2D eigenvalue weighted by Crippen LogP contribution is -2.22. The first-order valence-corrected chi connectivity index (χ1v) is 11.7.